The van der Waals surface area contributed by atoms with Crippen LogP contribution in [0.1, 0.15) is 24.5 Å². The maximum Gasteiger partial charge on any atom is 0.274 e. The SMILES string of the molecule is CCc1ccccc1NC(=O)[C@@H]1CC(=O)N(c2ccc(C)c([N+](=O)[O-])c2)C1. The Hall–Kier alpha value is -3.22. The van der Waals surface area contributed by atoms with Gasteiger partial charge in [-0.1, -0.05) is 31.2 Å². The van der Waals surface area contributed by atoms with Gasteiger partial charge in [-0.15, -0.1) is 0 Å². The summed E-state index contributed by atoms with van der Waals surface area (Å²) in [7, 11) is 0. The minimum absolute atomic E-state index is 0.0370. The molecule has 3 rings (SSSR count). The lowest BCUT2D eigenvalue weighted by Gasteiger charge is -2.17. The molecule has 0 aromatic heterocycles. The molecule has 1 aliphatic rings. The normalized spacial score (nSPS) is 16.4. The molecule has 7 heteroatoms. The Balaban J connectivity index is 1.76. The third kappa shape index (κ3) is 3.81. The maximum atomic E-state index is 12.6. The Labute approximate surface area is 157 Å². The van der Waals surface area contributed by atoms with Crippen LogP contribution in [0.5, 0.6) is 0 Å². The highest BCUT2D eigenvalue weighted by molar-refractivity contribution is 6.03. The van der Waals surface area contributed by atoms with E-state index in [0.29, 0.717) is 11.3 Å². The molecule has 2 amide bonds. The molecule has 2 aromatic rings. The topological polar surface area (TPSA) is 92.6 Å². The van der Waals surface area contributed by atoms with Gasteiger partial charge in [0.05, 0.1) is 16.5 Å². The van der Waals surface area contributed by atoms with Crippen molar-refractivity contribution >= 4 is 28.9 Å². The van der Waals surface area contributed by atoms with Gasteiger partial charge in [-0.25, -0.2) is 0 Å². The highest BCUT2D eigenvalue weighted by Gasteiger charge is 2.36. The fourth-order valence-electron chi connectivity index (χ4n) is 3.28. The lowest BCUT2D eigenvalue weighted by Crippen LogP contribution is -2.28. The zero-order valence-electron chi connectivity index (χ0n) is 15.3. The monoisotopic (exact) mass is 367 g/mol. The largest absolute Gasteiger partial charge is 0.326 e. The van der Waals surface area contributed by atoms with Gasteiger partial charge in [0.25, 0.3) is 5.69 Å². The second kappa shape index (κ2) is 7.57. The molecule has 27 heavy (non-hydrogen) atoms. The fourth-order valence-corrected chi connectivity index (χ4v) is 3.28. The molecular formula is C20H21N3O4. The average Bonchev–Trinajstić information content (AvgIpc) is 3.04. The summed E-state index contributed by atoms with van der Waals surface area (Å²) in [5.74, 6) is -0.923. The fraction of sp³-hybridized carbons (Fsp3) is 0.300. The van der Waals surface area contributed by atoms with Gasteiger partial charge >= 0.3 is 0 Å². The van der Waals surface area contributed by atoms with Crippen molar-refractivity contribution in [3.63, 3.8) is 0 Å². The van der Waals surface area contributed by atoms with Crippen LogP contribution in [0.15, 0.2) is 42.5 Å². The number of hydrogen-bond donors (Lipinski definition) is 1. The molecule has 0 aliphatic carbocycles. The quantitative estimate of drug-likeness (QED) is 0.647. The molecule has 1 fully saturated rings. The number of nitrogens with one attached hydrogen (secondary N) is 1. The van der Waals surface area contributed by atoms with Crippen molar-refractivity contribution < 1.29 is 14.5 Å². The average molecular weight is 367 g/mol. The molecule has 1 aliphatic heterocycles. The number of nitrogens with zero attached hydrogens (tertiary/aromatic N) is 2. The van der Waals surface area contributed by atoms with E-state index >= 15 is 0 Å². The van der Waals surface area contributed by atoms with Crippen molar-refractivity contribution in [1.29, 1.82) is 0 Å². The van der Waals surface area contributed by atoms with Gasteiger partial charge in [-0.2, -0.15) is 0 Å². The number of nitro groups is 1. The maximum absolute atomic E-state index is 12.6. The molecule has 1 N–H and O–H groups in total. The van der Waals surface area contributed by atoms with Gasteiger partial charge in [-0.05, 0) is 31.0 Å². The summed E-state index contributed by atoms with van der Waals surface area (Å²) in [6.07, 6.45) is 0.876. The van der Waals surface area contributed by atoms with E-state index in [1.165, 1.54) is 11.0 Å². The van der Waals surface area contributed by atoms with Crippen molar-refractivity contribution in [2.24, 2.45) is 5.92 Å². The van der Waals surface area contributed by atoms with E-state index in [-0.39, 0.29) is 30.5 Å². The number of hydrogen-bond acceptors (Lipinski definition) is 4. The molecule has 0 bridgehead atoms. The number of rotatable bonds is 5. The highest BCUT2D eigenvalue weighted by atomic mass is 16.6. The lowest BCUT2D eigenvalue weighted by atomic mass is 10.1. The summed E-state index contributed by atoms with van der Waals surface area (Å²) in [4.78, 5) is 37.2. The summed E-state index contributed by atoms with van der Waals surface area (Å²) in [6, 6.07) is 12.2. The molecule has 1 atom stereocenters. The van der Waals surface area contributed by atoms with Crippen molar-refractivity contribution in [3.05, 3.63) is 63.7 Å². The Morgan fingerprint density at radius 2 is 2.04 bits per heavy atom. The van der Waals surface area contributed by atoms with Gasteiger partial charge in [0, 0.05) is 30.3 Å². The van der Waals surface area contributed by atoms with E-state index in [4.69, 9.17) is 0 Å². The summed E-state index contributed by atoms with van der Waals surface area (Å²) in [6.45, 7) is 3.87. The van der Waals surface area contributed by atoms with Crippen molar-refractivity contribution in [3.8, 4) is 0 Å². The van der Waals surface area contributed by atoms with Gasteiger partial charge in [-0.3, -0.25) is 19.7 Å². The molecule has 7 nitrogen and oxygen atoms in total. The van der Waals surface area contributed by atoms with Crippen LogP contribution in [-0.2, 0) is 16.0 Å². The van der Waals surface area contributed by atoms with Crippen molar-refractivity contribution in [2.45, 2.75) is 26.7 Å². The molecular weight excluding hydrogens is 346 g/mol. The van der Waals surface area contributed by atoms with Gasteiger partial charge in [0.1, 0.15) is 0 Å². The first-order valence-corrected chi connectivity index (χ1v) is 8.85. The first-order chi connectivity index (χ1) is 12.9. The third-order valence-electron chi connectivity index (χ3n) is 4.85. The van der Waals surface area contributed by atoms with Crippen LogP contribution in [0.4, 0.5) is 17.1 Å². The van der Waals surface area contributed by atoms with E-state index < -0.39 is 10.8 Å². The Morgan fingerprint density at radius 3 is 2.74 bits per heavy atom. The summed E-state index contributed by atoms with van der Waals surface area (Å²) < 4.78 is 0. The molecule has 1 saturated heterocycles. The molecule has 0 radical (unpaired) electrons. The summed E-state index contributed by atoms with van der Waals surface area (Å²) >= 11 is 0. The van der Waals surface area contributed by atoms with Gasteiger partial charge < -0.3 is 10.2 Å². The second-order valence-corrected chi connectivity index (χ2v) is 6.63. The minimum Gasteiger partial charge on any atom is -0.326 e. The number of para-hydroxylation sites is 1. The number of nitro benzene ring substituents is 1. The third-order valence-corrected chi connectivity index (χ3v) is 4.85. The smallest absolute Gasteiger partial charge is 0.274 e. The number of carbonyl (C=O) groups is 2. The first kappa shape index (κ1) is 18.6. The summed E-state index contributed by atoms with van der Waals surface area (Å²) in [5.41, 5.74) is 2.72. The van der Waals surface area contributed by atoms with E-state index in [1.54, 1.807) is 19.1 Å². The van der Waals surface area contributed by atoms with Crippen LogP contribution in [0, 0.1) is 23.0 Å². The Kier molecular flexibility index (Phi) is 5.21. The van der Waals surface area contributed by atoms with E-state index in [0.717, 1.165) is 17.7 Å². The first-order valence-electron chi connectivity index (χ1n) is 8.85. The predicted molar refractivity (Wildman–Crippen MR) is 103 cm³/mol. The number of anilines is 2. The van der Waals surface area contributed by atoms with Crippen LogP contribution in [-0.4, -0.2) is 23.3 Å². The highest BCUT2D eigenvalue weighted by Crippen LogP contribution is 2.30. The molecule has 0 spiro atoms. The zero-order valence-corrected chi connectivity index (χ0v) is 15.3. The molecule has 1 heterocycles. The number of benzene rings is 2. The van der Waals surface area contributed by atoms with Crippen LogP contribution >= 0.6 is 0 Å². The lowest BCUT2D eigenvalue weighted by molar-refractivity contribution is -0.385. The molecule has 140 valence electrons. The standard InChI is InChI=1S/C20H21N3O4/c1-3-14-6-4-5-7-17(14)21-20(25)15-10-19(24)22(12-15)16-9-8-13(2)18(11-16)23(26)27/h4-9,11,15H,3,10,12H2,1-2H3,(H,21,25)/t15-/m1/s1. The zero-order chi connectivity index (χ0) is 19.6. The summed E-state index contributed by atoms with van der Waals surface area (Å²) in [5, 5.41) is 14.1. The van der Waals surface area contributed by atoms with Gasteiger partial charge in [0.15, 0.2) is 0 Å². The molecule has 0 saturated carbocycles. The Bertz CT molecular complexity index is 910. The number of amides is 2. The number of carbonyl (C=O) groups excluding carboxylic acids is 2. The van der Waals surface area contributed by atoms with E-state index in [9.17, 15) is 19.7 Å². The van der Waals surface area contributed by atoms with Crippen LogP contribution < -0.4 is 10.2 Å². The van der Waals surface area contributed by atoms with Gasteiger partial charge in [0.2, 0.25) is 11.8 Å². The van der Waals surface area contributed by atoms with Crippen LogP contribution in [0.3, 0.4) is 0 Å². The van der Waals surface area contributed by atoms with E-state index in [1.807, 2.05) is 31.2 Å². The van der Waals surface area contributed by atoms with Crippen LogP contribution in [0.25, 0.3) is 0 Å². The predicted octanol–water partition coefficient (Wildman–Crippen LogP) is 3.46. The second-order valence-electron chi connectivity index (χ2n) is 6.63. The molecule has 2 aromatic carbocycles. The van der Waals surface area contributed by atoms with E-state index in [2.05, 4.69) is 5.32 Å². The van der Waals surface area contributed by atoms with Crippen LogP contribution in [0.2, 0.25) is 0 Å². The molecule has 0 unspecified atom stereocenters. The Morgan fingerprint density at radius 1 is 1.30 bits per heavy atom. The number of aryl methyl sites for hydroxylation is 2. The minimum atomic E-state index is -0.497. The van der Waals surface area contributed by atoms with Crippen molar-refractivity contribution in [1.82, 2.24) is 0 Å². The van der Waals surface area contributed by atoms with Crippen molar-refractivity contribution in [2.75, 3.05) is 16.8 Å².